The highest BCUT2D eigenvalue weighted by Gasteiger charge is 2.12. The number of carbonyl (C=O) groups is 1. The molecule has 136 valence electrons. The van der Waals surface area contributed by atoms with Crippen LogP contribution >= 0.6 is 23.4 Å². The zero-order valence-corrected chi connectivity index (χ0v) is 15.9. The number of hydrogen-bond donors (Lipinski definition) is 2. The monoisotopic (exact) mass is 398 g/mol. The number of halogens is 1. The fraction of sp³-hybridized carbons (Fsp3) is 0.111. The van der Waals surface area contributed by atoms with E-state index in [0.29, 0.717) is 21.6 Å². The largest absolute Gasteiger partial charge is 0.331 e. The molecule has 27 heavy (non-hydrogen) atoms. The summed E-state index contributed by atoms with van der Waals surface area (Å²) in [5.74, 6) is 0.679. The average molecular weight is 399 g/mol. The molecule has 3 heterocycles. The molecule has 1 aromatic carbocycles. The molecule has 9 heteroatoms. The van der Waals surface area contributed by atoms with Crippen molar-refractivity contribution in [1.29, 1.82) is 0 Å². The molecule has 7 nitrogen and oxygen atoms in total. The first-order valence-electron chi connectivity index (χ1n) is 8.14. The van der Waals surface area contributed by atoms with Gasteiger partial charge in [-0.15, -0.1) is 0 Å². The molecule has 0 spiro atoms. The molecule has 0 aliphatic rings. The number of amides is 1. The van der Waals surface area contributed by atoms with E-state index in [-0.39, 0.29) is 11.7 Å². The SMILES string of the molecule is Cc1cc(NC(=O)CSc2nc3ncc(Cl)cc3[nH]2)n(-c2ccccc2)n1. The lowest BCUT2D eigenvalue weighted by molar-refractivity contribution is -0.113. The van der Waals surface area contributed by atoms with Crippen molar-refractivity contribution in [2.24, 2.45) is 0 Å². The Hall–Kier alpha value is -2.84. The molecule has 2 N–H and O–H groups in total. The van der Waals surface area contributed by atoms with Crippen LogP contribution in [-0.2, 0) is 4.79 Å². The smallest absolute Gasteiger partial charge is 0.236 e. The highest BCUT2D eigenvalue weighted by molar-refractivity contribution is 7.99. The molecule has 3 aromatic heterocycles. The number of nitrogens with one attached hydrogen (secondary N) is 2. The van der Waals surface area contributed by atoms with Gasteiger partial charge in [-0.05, 0) is 25.1 Å². The number of imidazole rings is 1. The first-order chi connectivity index (χ1) is 13.1. The summed E-state index contributed by atoms with van der Waals surface area (Å²) in [5.41, 5.74) is 3.01. The third-order valence-electron chi connectivity index (χ3n) is 3.72. The van der Waals surface area contributed by atoms with Crippen LogP contribution in [0.3, 0.4) is 0 Å². The Kier molecular flexibility index (Phi) is 4.83. The predicted octanol–water partition coefficient (Wildman–Crippen LogP) is 3.84. The number of nitrogens with zero attached hydrogens (tertiary/aromatic N) is 4. The minimum absolute atomic E-state index is 0.150. The summed E-state index contributed by atoms with van der Waals surface area (Å²) in [6.45, 7) is 1.89. The molecule has 4 rings (SSSR count). The summed E-state index contributed by atoms with van der Waals surface area (Å²) in [6.07, 6.45) is 1.54. The van der Waals surface area contributed by atoms with Crippen LogP contribution in [0.2, 0.25) is 5.02 Å². The van der Waals surface area contributed by atoms with Gasteiger partial charge in [0.05, 0.1) is 27.7 Å². The van der Waals surface area contributed by atoms with E-state index in [9.17, 15) is 4.79 Å². The van der Waals surface area contributed by atoms with Gasteiger partial charge in [0.15, 0.2) is 10.8 Å². The lowest BCUT2D eigenvalue weighted by Gasteiger charge is -2.08. The van der Waals surface area contributed by atoms with Crippen LogP contribution in [0, 0.1) is 6.92 Å². The second-order valence-corrected chi connectivity index (χ2v) is 7.22. The van der Waals surface area contributed by atoms with Crippen LogP contribution in [0.25, 0.3) is 16.9 Å². The summed E-state index contributed by atoms with van der Waals surface area (Å²) in [5, 5.41) is 8.50. The molecule has 0 aliphatic carbocycles. The number of benzene rings is 1. The van der Waals surface area contributed by atoms with Crippen molar-refractivity contribution in [2.45, 2.75) is 12.1 Å². The van der Waals surface area contributed by atoms with Gasteiger partial charge in [0.1, 0.15) is 5.82 Å². The van der Waals surface area contributed by atoms with Gasteiger partial charge in [-0.2, -0.15) is 5.10 Å². The van der Waals surface area contributed by atoms with E-state index in [0.717, 1.165) is 16.9 Å². The summed E-state index contributed by atoms with van der Waals surface area (Å²) in [6, 6.07) is 13.2. The molecule has 0 unspecified atom stereocenters. The number of aromatic nitrogens is 5. The van der Waals surface area contributed by atoms with Gasteiger partial charge >= 0.3 is 0 Å². The lowest BCUT2D eigenvalue weighted by atomic mass is 10.3. The summed E-state index contributed by atoms with van der Waals surface area (Å²) in [4.78, 5) is 24.0. The summed E-state index contributed by atoms with van der Waals surface area (Å²) >= 11 is 7.22. The maximum atomic E-state index is 12.4. The molecule has 0 fully saturated rings. The lowest BCUT2D eigenvalue weighted by Crippen LogP contribution is -2.17. The standard InChI is InChI=1S/C18H15ClN6OS/c1-11-7-15(25(24-11)13-5-3-2-4-6-13)22-16(26)10-27-18-21-14-8-12(19)9-20-17(14)23-18/h2-9H,10H2,1H3,(H,22,26)(H,20,21,23). The predicted molar refractivity (Wildman–Crippen MR) is 107 cm³/mol. The number of aryl methyl sites for hydroxylation is 1. The Morgan fingerprint density at radius 1 is 1.30 bits per heavy atom. The maximum Gasteiger partial charge on any atom is 0.236 e. The van der Waals surface area contributed by atoms with Crippen molar-refractivity contribution < 1.29 is 4.79 Å². The highest BCUT2D eigenvalue weighted by atomic mass is 35.5. The Balaban J connectivity index is 1.45. The van der Waals surface area contributed by atoms with E-state index < -0.39 is 0 Å². The number of aromatic amines is 1. The van der Waals surface area contributed by atoms with Crippen molar-refractivity contribution in [3.63, 3.8) is 0 Å². The minimum Gasteiger partial charge on any atom is -0.331 e. The quantitative estimate of drug-likeness (QED) is 0.499. The van der Waals surface area contributed by atoms with Gasteiger partial charge in [-0.3, -0.25) is 4.79 Å². The number of carbonyl (C=O) groups excluding carboxylic acids is 1. The molecule has 4 aromatic rings. The number of para-hydroxylation sites is 1. The van der Waals surface area contributed by atoms with Crippen LogP contribution in [-0.4, -0.2) is 36.4 Å². The van der Waals surface area contributed by atoms with Crippen LogP contribution in [0.5, 0.6) is 0 Å². The van der Waals surface area contributed by atoms with Gasteiger partial charge in [0, 0.05) is 12.3 Å². The summed E-state index contributed by atoms with van der Waals surface area (Å²) < 4.78 is 1.71. The molecule has 0 aliphatic heterocycles. The Morgan fingerprint density at radius 3 is 2.93 bits per heavy atom. The van der Waals surface area contributed by atoms with E-state index in [1.54, 1.807) is 16.9 Å². The third-order valence-corrected chi connectivity index (χ3v) is 4.80. The first kappa shape index (κ1) is 17.6. The second kappa shape index (κ2) is 7.42. The van der Waals surface area contributed by atoms with Crippen LogP contribution in [0.4, 0.5) is 5.82 Å². The Bertz CT molecular complexity index is 1110. The van der Waals surface area contributed by atoms with E-state index in [2.05, 4.69) is 25.4 Å². The Labute approximate surface area is 164 Å². The number of pyridine rings is 1. The zero-order valence-electron chi connectivity index (χ0n) is 14.3. The fourth-order valence-electron chi connectivity index (χ4n) is 2.59. The summed E-state index contributed by atoms with van der Waals surface area (Å²) in [7, 11) is 0. The van der Waals surface area contributed by atoms with Gasteiger partial charge in [-0.25, -0.2) is 14.6 Å². The Morgan fingerprint density at radius 2 is 2.11 bits per heavy atom. The van der Waals surface area contributed by atoms with Gasteiger partial charge in [0.2, 0.25) is 5.91 Å². The van der Waals surface area contributed by atoms with Gasteiger partial charge < -0.3 is 10.3 Å². The molecule has 0 atom stereocenters. The van der Waals surface area contributed by atoms with Crippen molar-refractivity contribution in [2.75, 3.05) is 11.1 Å². The molecule has 0 saturated carbocycles. The van der Waals surface area contributed by atoms with E-state index in [1.165, 1.54) is 11.8 Å². The van der Waals surface area contributed by atoms with Crippen LogP contribution in [0.1, 0.15) is 5.69 Å². The van der Waals surface area contributed by atoms with Crippen LogP contribution < -0.4 is 5.32 Å². The molecular formula is C18H15ClN6OS. The number of rotatable bonds is 5. The normalized spacial score (nSPS) is 11.0. The van der Waals surface area contributed by atoms with E-state index in [1.807, 2.05) is 43.3 Å². The third kappa shape index (κ3) is 3.96. The number of thioether (sulfide) groups is 1. The molecule has 0 radical (unpaired) electrons. The van der Waals surface area contributed by atoms with Crippen LogP contribution in [0.15, 0.2) is 53.8 Å². The minimum atomic E-state index is -0.150. The topological polar surface area (TPSA) is 88.5 Å². The second-order valence-electron chi connectivity index (χ2n) is 5.82. The van der Waals surface area contributed by atoms with Crippen molar-refractivity contribution in [1.82, 2.24) is 24.7 Å². The van der Waals surface area contributed by atoms with Crippen molar-refractivity contribution in [3.05, 3.63) is 59.4 Å². The van der Waals surface area contributed by atoms with E-state index in [4.69, 9.17) is 11.6 Å². The number of H-pyrrole nitrogens is 1. The van der Waals surface area contributed by atoms with Crippen molar-refractivity contribution in [3.8, 4) is 5.69 Å². The van der Waals surface area contributed by atoms with E-state index >= 15 is 0 Å². The van der Waals surface area contributed by atoms with Crippen molar-refractivity contribution >= 4 is 46.3 Å². The number of anilines is 1. The number of hydrogen-bond acceptors (Lipinski definition) is 5. The number of fused-ring (bicyclic) bond motifs is 1. The zero-order chi connectivity index (χ0) is 18.8. The highest BCUT2D eigenvalue weighted by Crippen LogP contribution is 2.21. The molecule has 1 amide bonds. The molecule has 0 saturated heterocycles. The van der Waals surface area contributed by atoms with Gasteiger partial charge in [-0.1, -0.05) is 41.6 Å². The molecular weight excluding hydrogens is 384 g/mol. The maximum absolute atomic E-state index is 12.4. The first-order valence-corrected chi connectivity index (χ1v) is 9.51. The average Bonchev–Trinajstić information content (AvgIpc) is 3.23. The molecule has 0 bridgehead atoms. The van der Waals surface area contributed by atoms with Gasteiger partial charge in [0.25, 0.3) is 0 Å². The fourth-order valence-corrected chi connectivity index (χ4v) is 3.42.